The van der Waals surface area contributed by atoms with Gasteiger partial charge in [0.2, 0.25) is 5.91 Å². The molecule has 1 unspecified atom stereocenters. The van der Waals surface area contributed by atoms with Crippen LogP contribution >= 0.6 is 0 Å². The summed E-state index contributed by atoms with van der Waals surface area (Å²) in [6, 6.07) is 3.59. The van der Waals surface area contributed by atoms with E-state index in [0.29, 0.717) is 31.3 Å². The second-order valence-electron chi connectivity index (χ2n) is 9.94. The van der Waals surface area contributed by atoms with Crippen LogP contribution in [0.3, 0.4) is 0 Å². The van der Waals surface area contributed by atoms with Crippen LogP contribution in [0.25, 0.3) is 0 Å². The molecule has 1 aromatic rings. The topological polar surface area (TPSA) is 81.7 Å². The number of carbonyl (C=O) groups excluding carboxylic acids is 2. The minimum Gasteiger partial charge on any atom is -0.393 e. The lowest BCUT2D eigenvalue weighted by atomic mass is 9.77. The minimum absolute atomic E-state index is 0.0646. The van der Waals surface area contributed by atoms with Crippen molar-refractivity contribution in [2.24, 2.45) is 11.8 Å². The van der Waals surface area contributed by atoms with E-state index in [1.807, 2.05) is 6.92 Å². The van der Waals surface area contributed by atoms with Crippen LogP contribution in [0.4, 0.5) is 13.2 Å². The highest BCUT2D eigenvalue weighted by molar-refractivity contribution is 5.98. The fraction of sp³-hybridized carbons (Fsp3) is 0.680. The predicted molar refractivity (Wildman–Crippen MR) is 123 cm³/mol. The van der Waals surface area contributed by atoms with Crippen LogP contribution in [0.1, 0.15) is 68.8 Å². The molecule has 1 saturated heterocycles. The van der Waals surface area contributed by atoms with Gasteiger partial charge in [-0.15, -0.1) is 0 Å². The second-order valence-corrected chi connectivity index (χ2v) is 9.94. The first-order chi connectivity index (χ1) is 16.0. The maximum absolute atomic E-state index is 13.2. The Labute approximate surface area is 199 Å². The predicted octanol–water partition coefficient (Wildman–Crippen LogP) is 3.59. The van der Waals surface area contributed by atoms with Crippen LogP contribution in [0, 0.1) is 11.8 Å². The number of amides is 2. The van der Waals surface area contributed by atoms with Gasteiger partial charge < -0.3 is 20.6 Å². The molecule has 2 fully saturated rings. The summed E-state index contributed by atoms with van der Waals surface area (Å²) < 4.78 is 39.0. The molecule has 1 heterocycles. The van der Waals surface area contributed by atoms with E-state index in [0.717, 1.165) is 37.9 Å². The van der Waals surface area contributed by atoms with Crippen molar-refractivity contribution >= 4 is 11.8 Å². The fourth-order valence-corrected chi connectivity index (χ4v) is 5.12. The number of rotatable bonds is 8. The molecule has 0 spiro atoms. The third kappa shape index (κ3) is 6.30. The summed E-state index contributed by atoms with van der Waals surface area (Å²) in [4.78, 5) is 27.5. The molecular weight excluding hydrogens is 447 g/mol. The Balaban J connectivity index is 1.66. The molecule has 0 radical (unpaired) electrons. The number of carbonyl (C=O) groups is 2. The van der Waals surface area contributed by atoms with Gasteiger partial charge in [0.05, 0.1) is 11.7 Å². The summed E-state index contributed by atoms with van der Waals surface area (Å²) in [5.74, 6) is -0.468. The molecule has 3 rings (SSSR count). The number of benzene rings is 1. The molecule has 1 aromatic carbocycles. The van der Waals surface area contributed by atoms with Gasteiger partial charge in [0.25, 0.3) is 5.91 Å². The third-order valence-electron chi connectivity index (χ3n) is 6.99. The normalized spacial score (nSPS) is 26.7. The van der Waals surface area contributed by atoms with E-state index in [9.17, 15) is 27.9 Å². The SMILES string of the molecule is CC[C@@H](O)[C@@H]1C[C@H](NCC(C)C)CC[C@@H]1N1CCC(NC(=O)c2cccc(C(F)(F)F)c2)C1=O. The zero-order valence-electron chi connectivity index (χ0n) is 20.1. The van der Waals surface area contributed by atoms with Crippen LogP contribution in [0.2, 0.25) is 0 Å². The number of nitrogens with zero attached hydrogens (tertiary/aromatic N) is 1. The zero-order valence-corrected chi connectivity index (χ0v) is 20.1. The van der Waals surface area contributed by atoms with Crippen molar-refractivity contribution in [2.45, 2.75) is 83.3 Å². The highest BCUT2D eigenvalue weighted by Gasteiger charge is 2.44. The van der Waals surface area contributed by atoms with E-state index >= 15 is 0 Å². The lowest BCUT2D eigenvalue weighted by molar-refractivity contribution is -0.137. The van der Waals surface area contributed by atoms with Gasteiger partial charge in [-0.05, 0) is 62.8 Å². The lowest BCUT2D eigenvalue weighted by Crippen LogP contribution is -2.53. The summed E-state index contributed by atoms with van der Waals surface area (Å²) in [6.45, 7) is 7.57. The van der Waals surface area contributed by atoms with Gasteiger partial charge in [0, 0.05) is 30.1 Å². The van der Waals surface area contributed by atoms with E-state index in [1.165, 1.54) is 12.1 Å². The van der Waals surface area contributed by atoms with Crippen molar-refractivity contribution in [1.29, 1.82) is 0 Å². The van der Waals surface area contributed by atoms with Gasteiger partial charge in [0.1, 0.15) is 6.04 Å². The molecule has 9 heteroatoms. The Morgan fingerprint density at radius 3 is 2.62 bits per heavy atom. The van der Waals surface area contributed by atoms with Crippen LogP contribution in [-0.4, -0.2) is 59.1 Å². The molecule has 1 saturated carbocycles. The molecule has 34 heavy (non-hydrogen) atoms. The van der Waals surface area contributed by atoms with Crippen molar-refractivity contribution in [3.05, 3.63) is 35.4 Å². The zero-order chi connectivity index (χ0) is 25.0. The fourth-order valence-electron chi connectivity index (χ4n) is 5.12. The minimum atomic E-state index is -4.55. The van der Waals surface area contributed by atoms with Crippen molar-refractivity contribution in [1.82, 2.24) is 15.5 Å². The Hall–Kier alpha value is -2.13. The first kappa shape index (κ1) is 26.5. The van der Waals surface area contributed by atoms with Crippen LogP contribution < -0.4 is 10.6 Å². The van der Waals surface area contributed by atoms with Gasteiger partial charge in [0.15, 0.2) is 0 Å². The quantitative estimate of drug-likeness (QED) is 0.528. The lowest BCUT2D eigenvalue weighted by Gasteiger charge is -2.43. The van der Waals surface area contributed by atoms with Gasteiger partial charge >= 0.3 is 6.18 Å². The van der Waals surface area contributed by atoms with Gasteiger partial charge in [-0.25, -0.2) is 0 Å². The molecular formula is C25H36F3N3O3. The molecule has 2 aliphatic rings. The molecule has 0 bridgehead atoms. The summed E-state index contributed by atoms with van der Waals surface area (Å²) in [5.41, 5.74) is -1.03. The number of alkyl halides is 3. The molecule has 1 aliphatic heterocycles. The molecule has 1 aliphatic carbocycles. The number of hydrogen-bond acceptors (Lipinski definition) is 4. The molecule has 0 aromatic heterocycles. The molecule has 6 nitrogen and oxygen atoms in total. The maximum Gasteiger partial charge on any atom is 0.416 e. The average molecular weight is 484 g/mol. The Morgan fingerprint density at radius 1 is 1.24 bits per heavy atom. The highest BCUT2D eigenvalue weighted by Crippen LogP contribution is 2.35. The Kier molecular flexibility index (Phi) is 8.62. The van der Waals surface area contributed by atoms with Crippen LogP contribution in [-0.2, 0) is 11.0 Å². The standard InChI is InChI=1S/C25H36F3N3O3/c1-4-22(32)19-13-18(29-14-15(2)3)8-9-21(19)31-11-10-20(24(31)34)30-23(33)16-6-5-7-17(12-16)25(26,27)28/h5-7,12,15,18-22,29,32H,4,8-11,13-14H2,1-3H3,(H,30,33)/t18-,19-,20?,21+,22-/m1/s1. The monoisotopic (exact) mass is 483 g/mol. The number of halogens is 3. The summed E-state index contributed by atoms with van der Waals surface area (Å²) >= 11 is 0. The van der Waals surface area contributed by atoms with E-state index in [2.05, 4.69) is 24.5 Å². The number of nitrogens with one attached hydrogen (secondary N) is 2. The number of aliphatic hydroxyl groups is 1. The van der Waals surface area contributed by atoms with Crippen molar-refractivity contribution in [2.75, 3.05) is 13.1 Å². The third-order valence-corrected chi connectivity index (χ3v) is 6.99. The number of aliphatic hydroxyl groups excluding tert-OH is 1. The average Bonchev–Trinajstić information content (AvgIpc) is 3.16. The van der Waals surface area contributed by atoms with Crippen molar-refractivity contribution in [3.63, 3.8) is 0 Å². The van der Waals surface area contributed by atoms with E-state index in [-0.39, 0.29) is 23.4 Å². The molecule has 5 atom stereocenters. The van der Waals surface area contributed by atoms with Crippen LogP contribution in [0.15, 0.2) is 24.3 Å². The molecule has 2 amide bonds. The van der Waals surface area contributed by atoms with Gasteiger partial charge in [-0.3, -0.25) is 9.59 Å². The highest BCUT2D eigenvalue weighted by atomic mass is 19.4. The summed E-state index contributed by atoms with van der Waals surface area (Å²) in [7, 11) is 0. The maximum atomic E-state index is 13.2. The largest absolute Gasteiger partial charge is 0.416 e. The summed E-state index contributed by atoms with van der Waals surface area (Å²) in [5, 5.41) is 16.9. The van der Waals surface area contributed by atoms with E-state index < -0.39 is 29.8 Å². The smallest absolute Gasteiger partial charge is 0.393 e. The Bertz CT molecular complexity index is 861. The molecule has 190 valence electrons. The van der Waals surface area contributed by atoms with Gasteiger partial charge in [-0.2, -0.15) is 13.2 Å². The number of likely N-dealkylation sites (tertiary alicyclic amines) is 1. The van der Waals surface area contributed by atoms with E-state index in [1.54, 1.807) is 4.90 Å². The Morgan fingerprint density at radius 2 is 1.97 bits per heavy atom. The first-order valence-electron chi connectivity index (χ1n) is 12.2. The molecule has 3 N–H and O–H groups in total. The first-order valence-corrected chi connectivity index (χ1v) is 12.2. The second kappa shape index (κ2) is 11.1. The van der Waals surface area contributed by atoms with E-state index in [4.69, 9.17) is 0 Å². The van der Waals surface area contributed by atoms with Crippen LogP contribution in [0.5, 0.6) is 0 Å². The van der Waals surface area contributed by atoms with Crippen molar-refractivity contribution < 1.29 is 27.9 Å². The number of hydrogen-bond donors (Lipinski definition) is 3. The van der Waals surface area contributed by atoms with Gasteiger partial charge in [-0.1, -0.05) is 26.8 Å². The summed E-state index contributed by atoms with van der Waals surface area (Å²) in [6.07, 6.45) is -1.65. The van der Waals surface area contributed by atoms with Crippen molar-refractivity contribution in [3.8, 4) is 0 Å².